The van der Waals surface area contributed by atoms with Crippen molar-refractivity contribution < 1.29 is 9.21 Å². The first kappa shape index (κ1) is 26.3. The normalized spacial score (nSPS) is 12.8. The molecule has 4 rings (SSSR count). The smallest absolute Gasteiger partial charge is 0.223 e. The second-order valence-corrected chi connectivity index (χ2v) is 9.62. The molecule has 8 heteroatoms. The molecule has 0 bridgehead atoms. The average molecular weight is 518 g/mol. The Labute approximate surface area is 223 Å². The van der Waals surface area contributed by atoms with Crippen LogP contribution in [0.1, 0.15) is 54.6 Å². The lowest BCUT2D eigenvalue weighted by molar-refractivity contribution is -0.132. The lowest BCUT2D eigenvalue weighted by Gasteiger charge is -2.22. The SMILES string of the molecule is N#CNC(=NCCCCCCC(=O)N(Cc1ccc(Cl)cc1)Cc1ccco1)N1Cc2ccccc2C1. The summed E-state index contributed by atoms with van der Waals surface area (Å²) in [4.78, 5) is 21.6. The third kappa shape index (κ3) is 7.86. The Bertz CT molecular complexity index is 1190. The van der Waals surface area contributed by atoms with E-state index in [2.05, 4.69) is 27.3 Å². The largest absolute Gasteiger partial charge is 0.467 e. The summed E-state index contributed by atoms with van der Waals surface area (Å²) in [7, 11) is 0. The number of unbranched alkanes of at least 4 members (excludes halogenated alkanes) is 3. The van der Waals surface area contributed by atoms with Crippen LogP contribution in [0, 0.1) is 11.5 Å². The molecule has 0 saturated carbocycles. The molecule has 37 heavy (non-hydrogen) atoms. The van der Waals surface area contributed by atoms with Gasteiger partial charge in [0.05, 0.1) is 12.8 Å². The Morgan fingerprint density at radius 3 is 2.41 bits per heavy atom. The van der Waals surface area contributed by atoms with Crippen molar-refractivity contribution in [3.63, 3.8) is 0 Å². The van der Waals surface area contributed by atoms with E-state index in [1.54, 1.807) is 6.26 Å². The van der Waals surface area contributed by atoms with Crippen molar-refractivity contribution in [1.29, 1.82) is 5.26 Å². The molecular formula is C29H32ClN5O2. The minimum absolute atomic E-state index is 0.110. The Morgan fingerprint density at radius 1 is 1.00 bits per heavy atom. The van der Waals surface area contributed by atoms with Gasteiger partial charge in [-0.15, -0.1) is 0 Å². The maximum Gasteiger partial charge on any atom is 0.223 e. The van der Waals surface area contributed by atoms with Crippen LogP contribution < -0.4 is 5.32 Å². The molecule has 1 aromatic heterocycles. The molecule has 7 nitrogen and oxygen atoms in total. The molecule has 192 valence electrons. The van der Waals surface area contributed by atoms with E-state index in [0.29, 0.717) is 37.0 Å². The zero-order valence-corrected chi connectivity index (χ0v) is 21.7. The number of hydrogen-bond acceptors (Lipinski definition) is 4. The van der Waals surface area contributed by atoms with Gasteiger partial charge < -0.3 is 14.2 Å². The summed E-state index contributed by atoms with van der Waals surface area (Å²) in [6.07, 6.45) is 7.79. The van der Waals surface area contributed by atoms with Crippen LogP contribution in [0.4, 0.5) is 0 Å². The van der Waals surface area contributed by atoms with Gasteiger partial charge in [0, 0.05) is 37.6 Å². The summed E-state index contributed by atoms with van der Waals surface area (Å²) >= 11 is 6.01. The van der Waals surface area contributed by atoms with E-state index in [-0.39, 0.29) is 5.91 Å². The molecule has 3 aromatic rings. The number of rotatable bonds is 11. The Kier molecular flexibility index (Phi) is 9.61. The van der Waals surface area contributed by atoms with Crippen LogP contribution in [0.5, 0.6) is 0 Å². The Balaban J connectivity index is 1.20. The van der Waals surface area contributed by atoms with Crippen molar-refractivity contribution in [3.8, 4) is 6.19 Å². The van der Waals surface area contributed by atoms with E-state index in [4.69, 9.17) is 21.3 Å². The van der Waals surface area contributed by atoms with Gasteiger partial charge in [-0.25, -0.2) is 0 Å². The van der Waals surface area contributed by atoms with Gasteiger partial charge in [-0.3, -0.25) is 15.1 Å². The first-order valence-corrected chi connectivity index (χ1v) is 13.1. The monoisotopic (exact) mass is 517 g/mol. The first-order valence-electron chi connectivity index (χ1n) is 12.7. The van der Waals surface area contributed by atoms with Crippen LogP contribution in [-0.2, 0) is 31.0 Å². The van der Waals surface area contributed by atoms with Gasteiger partial charge in [0.15, 0.2) is 6.19 Å². The van der Waals surface area contributed by atoms with Crippen molar-refractivity contribution in [2.45, 2.75) is 58.3 Å². The summed E-state index contributed by atoms with van der Waals surface area (Å²) < 4.78 is 5.48. The minimum Gasteiger partial charge on any atom is -0.467 e. The highest BCUT2D eigenvalue weighted by Gasteiger charge is 2.21. The number of furan rings is 1. The fourth-order valence-electron chi connectivity index (χ4n) is 4.47. The maximum atomic E-state index is 13.0. The van der Waals surface area contributed by atoms with Gasteiger partial charge in [0.1, 0.15) is 5.76 Å². The van der Waals surface area contributed by atoms with Crippen LogP contribution in [-0.4, -0.2) is 28.2 Å². The quantitative estimate of drug-likeness (QED) is 0.113. The number of nitriles is 1. The second kappa shape index (κ2) is 13.5. The molecule has 0 atom stereocenters. The molecule has 2 aromatic carbocycles. The van der Waals surface area contributed by atoms with E-state index in [9.17, 15) is 4.79 Å². The molecule has 1 aliphatic rings. The van der Waals surface area contributed by atoms with Crippen molar-refractivity contribution in [1.82, 2.24) is 15.1 Å². The average Bonchev–Trinajstić information content (AvgIpc) is 3.58. The number of benzene rings is 2. The summed E-state index contributed by atoms with van der Waals surface area (Å²) in [5.41, 5.74) is 3.58. The molecular weight excluding hydrogens is 486 g/mol. The molecule has 0 saturated heterocycles. The maximum absolute atomic E-state index is 13.0. The third-order valence-electron chi connectivity index (χ3n) is 6.43. The number of halogens is 1. The number of carbonyl (C=O) groups is 1. The number of hydrogen-bond donors (Lipinski definition) is 1. The number of guanidine groups is 1. The van der Waals surface area contributed by atoms with Crippen LogP contribution in [0.2, 0.25) is 5.02 Å². The summed E-state index contributed by atoms with van der Waals surface area (Å²) in [5, 5.41) is 12.6. The fourth-order valence-corrected chi connectivity index (χ4v) is 4.60. The lowest BCUT2D eigenvalue weighted by atomic mass is 10.1. The zero-order chi connectivity index (χ0) is 25.9. The van der Waals surface area contributed by atoms with Gasteiger partial charge >= 0.3 is 0 Å². The first-order chi connectivity index (χ1) is 18.1. The van der Waals surface area contributed by atoms with Crippen LogP contribution in [0.3, 0.4) is 0 Å². The summed E-state index contributed by atoms with van der Waals surface area (Å²) in [6, 6.07) is 19.6. The number of nitrogens with zero attached hydrogens (tertiary/aromatic N) is 4. The van der Waals surface area contributed by atoms with E-state index in [1.807, 2.05) is 59.6 Å². The molecule has 0 spiro atoms. The van der Waals surface area contributed by atoms with Gasteiger partial charge in [-0.05, 0) is 53.8 Å². The zero-order valence-electron chi connectivity index (χ0n) is 20.9. The Morgan fingerprint density at radius 2 is 1.73 bits per heavy atom. The molecule has 1 N–H and O–H groups in total. The molecule has 0 radical (unpaired) electrons. The van der Waals surface area contributed by atoms with E-state index in [1.165, 1.54) is 11.1 Å². The topological polar surface area (TPSA) is 84.9 Å². The molecule has 1 amide bonds. The number of nitrogens with one attached hydrogen (secondary N) is 1. The van der Waals surface area contributed by atoms with Crippen molar-refractivity contribution in [2.75, 3.05) is 6.54 Å². The van der Waals surface area contributed by atoms with E-state index >= 15 is 0 Å². The molecule has 0 aliphatic carbocycles. The van der Waals surface area contributed by atoms with Gasteiger partial charge in [-0.2, -0.15) is 5.26 Å². The predicted octanol–water partition coefficient (Wildman–Crippen LogP) is 5.85. The molecule has 0 fully saturated rings. The second-order valence-electron chi connectivity index (χ2n) is 9.19. The minimum atomic E-state index is 0.110. The number of carbonyl (C=O) groups excluding carboxylic acids is 1. The van der Waals surface area contributed by atoms with Gasteiger partial charge in [0.25, 0.3) is 0 Å². The predicted molar refractivity (Wildman–Crippen MR) is 144 cm³/mol. The third-order valence-corrected chi connectivity index (χ3v) is 6.69. The van der Waals surface area contributed by atoms with Crippen molar-refractivity contribution >= 4 is 23.5 Å². The molecule has 1 aliphatic heterocycles. The lowest BCUT2D eigenvalue weighted by Crippen LogP contribution is -2.35. The highest BCUT2D eigenvalue weighted by Crippen LogP contribution is 2.22. The molecule has 0 unspecified atom stereocenters. The summed E-state index contributed by atoms with van der Waals surface area (Å²) in [6.45, 7) is 3.12. The Hall–Kier alpha value is -3.76. The number of aliphatic imine (C=N–C) groups is 1. The highest BCUT2D eigenvalue weighted by atomic mass is 35.5. The number of amides is 1. The van der Waals surface area contributed by atoms with Crippen molar-refractivity contribution in [3.05, 3.63) is 94.4 Å². The van der Waals surface area contributed by atoms with Crippen LogP contribution in [0.25, 0.3) is 0 Å². The van der Waals surface area contributed by atoms with Gasteiger partial charge in [-0.1, -0.05) is 60.8 Å². The van der Waals surface area contributed by atoms with Gasteiger partial charge in [0.2, 0.25) is 11.9 Å². The number of fused-ring (bicyclic) bond motifs is 1. The van der Waals surface area contributed by atoms with E-state index in [0.717, 1.165) is 50.1 Å². The standard InChI is InChI=1S/C29H32ClN5O2/c30-26-14-12-23(13-15-26)18-34(21-27-10-7-17-37-27)28(36)11-3-1-2-6-16-32-29(33-22-31)35-19-24-8-4-5-9-25(24)20-35/h4-5,7-10,12-15,17H,1-3,6,11,16,18-21H2,(H,32,33). The van der Waals surface area contributed by atoms with Crippen LogP contribution >= 0.6 is 11.6 Å². The van der Waals surface area contributed by atoms with Crippen LogP contribution in [0.15, 0.2) is 76.3 Å². The van der Waals surface area contributed by atoms with E-state index < -0.39 is 0 Å². The van der Waals surface area contributed by atoms with Crippen molar-refractivity contribution in [2.24, 2.45) is 4.99 Å². The fraction of sp³-hybridized carbons (Fsp3) is 0.345. The molecule has 2 heterocycles. The summed E-state index contributed by atoms with van der Waals surface area (Å²) in [5.74, 6) is 1.51. The highest BCUT2D eigenvalue weighted by molar-refractivity contribution is 6.30.